The molecule has 1 unspecified atom stereocenters. The molecule has 0 aromatic heterocycles. The van der Waals surface area contributed by atoms with Gasteiger partial charge < -0.3 is 10.2 Å². The van der Waals surface area contributed by atoms with Crippen molar-refractivity contribution in [2.75, 3.05) is 6.61 Å². The molecule has 0 aromatic carbocycles. The molecule has 0 saturated heterocycles. The number of hydrogen-bond donors (Lipinski definition) is 2. The second-order valence-corrected chi connectivity index (χ2v) is 6.31. The number of unbranched alkanes of at least 4 members (excludes halogenated alkanes) is 9. The van der Waals surface area contributed by atoms with Gasteiger partial charge in [0, 0.05) is 13.0 Å². The van der Waals surface area contributed by atoms with E-state index in [-0.39, 0.29) is 0 Å². The van der Waals surface area contributed by atoms with Crippen molar-refractivity contribution in [3.8, 4) is 0 Å². The van der Waals surface area contributed by atoms with Crippen LogP contribution in [0.2, 0.25) is 0 Å². The minimum Gasteiger partial charge on any atom is -0.481 e. The summed E-state index contributed by atoms with van der Waals surface area (Å²) in [6.45, 7) is 2.57. The average Bonchev–Trinajstić information content (AvgIpc) is 2.47. The van der Waals surface area contributed by atoms with Crippen molar-refractivity contribution >= 4 is 5.97 Å². The molecule has 0 rings (SSSR count). The molecule has 0 saturated carbocycles. The van der Waals surface area contributed by atoms with Gasteiger partial charge in [-0.05, 0) is 25.2 Å². The lowest BCUT2D eigenvalue weighted by molar-refractivity contribution is -0.137. The number of carboxylic acids is 1. The summed E-state index contributed by atoms with van der Waals surface area (Å²) in [7, 11) is 0. The lowest BCUT2D eigenvalue weighted by Gasteiger charge is -2.13. The van der Waals surface area contributed by atoms with Crippen LogP contribution < -0.4 is 0 Å². The highest BCUT2D eigenvalue weighted by atomic mass is 16.4. The first-order chi connectivity index (χ1) is 10.2. The van der Waals surface area contributed by atoms with Crippen LogP contribution in [0.25, 0.3) is 0 Å². The lowest BCUT2D eigenvalue weighted by atomic mass is 9.95. The van der Waals surface area contributed by atoms with Crippen molar-refractivity contribution in [1.82, 2.24) is 0 Å². The SMILES string of the molecule is CCCCCCCC(CO)CCCCCCCCC(=O)O. The Kier molecular flexibility index (Phi) is 15.4. The zero-order valence-electron chi connectivity index (χ0n) is 14.0. The number of carboxylic acid groups (broad SMARTS) is 1. The standard InChI is InChI=1S/C18H36O3/c1-2-3-4-7-10-13-17(16-19)14-11-8-5-6-9-12-15-18(20)21/h17,19H,2-16H2,1H3,(H,20,21). The second-order valence-electron chi connectivity index (χ2n) is 6.31. The third kappa shape index (κ3) is 15.6. The van der Waals surface area contributed by atoms with Gasteiger partial charge in [0.25, 0.3) is 0 Å². The third-order valence-corrected chi connectivity index (χ3v) is 4.23. The van der Waals surface area contributed by atoms with Gasteiger partial charge in [-0.25, -0.2) is 0 Å². The molecular weight excluding hydrogens is 264 g/mol. The topological polar surface area (TPSA) is 57.5 Å². The van der Waals surface area contributed by atoms with Crippen LogP contribution in [0.1, 0.15) is 96.8 Å². The highest BCUT2D eigenvalue weighted by molar-refractivity contribution is 5.66. The van der Waals surface area contributed by atoms with Crippen LogP contribution in [0.4, 0.5) is 0 Å². The van der Waals surface area contributed by atoms with Crippen molar-refractivity contribution in [3.63, 3.8) is 0 Å². The van der Waals surface area contributed by atoms with Gasteiger partial charge in [-0.1, -0.05) is 71.1 Å². The molecule has 0 bridgehead atoms. The molecule has 0 spiro atoms. The minimum absolute atomic E-state index is 0.310. The average molecular weight is 300 g/mol. The molecule has 0 radical (unpaired) electrons. The van der Waals surface area contributed by atoms with Crippen LogP contribution in [-0.2, 0) is 4.79 Å². The van der Waals surface area contributed by atoms with Gasteiger partial charge in [0.1, 0.15) is 0 Å². The molecule has 0 aliphatic carbocycles. The van der Waals surface area contributed by atoms with E-state index in [2.05, 4.69) is 6.92 Å². The van der Waals surface area contributed by atoms with Crippen LogP contribution in [0, 0.1) is 5.92 Å². The van der Waals surface area contributed by atoms with E-state index >= 15 is 0 Å². The highest BCUT2D eigenvalue weighted by Crippen LogP contribution is 2.18. The summed E-state index contributed by atoms with van der Waals surface area (Å²) in [4.78, 5) is 10.4. The van der Waals surface area contributed by atoms with Crippen molar-refractivity contribution in [2.24, 2.45) is 5.92 Å². The lowest BCUT2D eigenvalue weighted by Crippen LogP contribution is -2.06. The molecule has 0 heterocycles. The molecule has 1 atom stereocenters. The van der Waals surface area contributed by atoms with E-state index in [1.54, 1.807) is 0 Å². The molecule has 0 fully saturated rings. The summed E-state index contributed by atoms with van der Waals surface area (Å²) in [5.74, 6) is -0.182. The van der Waals surface area contributed by atoms with E-state index in [1.807, 2.05) is 0 Å². The molecule has 0 aliphatic rings. The monoisotopic (exact) mass is 300 g/mol. The fourth-order valence-corrected chi connectivity index (χ4v) is 2.78. The molecule has 0 amide bonds. The Morgan fingerprint density at radius 3 is 1.76 bits per heavy atom. The van der Waals surface area contributed by atoms with Gasteiger partial charge >= 0.3 is 5.97 Å². The Labute approximate surface area is 131 Å². The summed E-state index contributed by atoms with van der Waals surface area (Å²) in [5.41, 5.74) is 0. The quantitative estimate of drug-likeness (QED) is 0.387. The van der Waals surface area contributed by atoms with Gasteiger partial charge in [0.15, 0.2) is 0 Å². The zero-order chi connectivity index (χ0) is 15.8. The summed E-state index contributed by atoms with van der Waals surface area (Å²) in [5, 5.41) is 17.9. The van der Waals surface area contributed by atoms with Crippen LogP contribution in [0.15, 0.2) is 0 Å². The summed E-state index contributed by atoms with van der Waals surface area (Å²) < 4.78 is 0. The van der Waals surface area contributed by atoms with E-state index in [0.29, 0.717) is 18.9 Å². The predicted octanol–water partition coefficient (Wildman–Crippen LogP) is 5.16. The van der Waals surface area contributed by atoms with Gasteiger partial charge in [0.05, 0.1) is 0 Å². The fourth-order valence-electron chi connectivity index (χ4n) is 2.78. The fraction of sp³-hybridized carbons (Fsp3) is 0.944. The Hall–Kier alpha value is -0.570. The first-order valence-corrected chi connectivity index (χ1v) is 9.03. The van der Waals surface area contributed by atoms with Gasteiger partial charge in [-0.3, -0.25) is 4.79 Å². The summed E-state index contributed by atoms with van der Waals surface area (Å²) in [6, 6.07) is 0. The highest BCUT2D eigenvalue weighted by Gasteiger charge is 2.06. The number of hydrogen-bond acceptors (Lipinski definition) is 2. The predicted molar refractivity (Wildman–Crippen MR) is 88.5 cm³/mol. The molecule has 21 heavy (non-hydrogen) atoms. The number of aliphatic hydroxyl groups is 1. The first-order valence-electron chi connectivity index (χ1n) is 9.03. The van der Waals surface area contributed by atoms with Crippen LogP contribution in [-0.4, -0.2) is 22.8 Å². The molecule has 126 valence electrons. The smallest absolute Gasteiger partial charge is 0.303 e. The largest absolute Gasteiger partial charge is 0.481 e. The maximum absolute atomic E-state index is 10.4. The maximum atomic E-state index is 10.4. The zero-order valence-corrected chi connectivity index (χ0v) is 14.0. The maximum Gasteiger partial charge on any atom is 0.303 e. The van der Waals surface area contributed by atoms with Crippen LogP contribution in [0.5, 0.6) is 0 Å². The van der Waals surface area contributed by atoms with Crippen molar-refractivity contribution < 1.29 is 15.0 Å². The Morgan fingerprint density at radius 1 is 0.810 bits per heavy atom. The van der Waals surface area contributed by atoms with Gasteiger partial charge in [0.2, 0.25) is 0 Å². The molecular formula is C18H36O3. The summed E-state index contributed by atoms with van der Waals surface area (Å²) in [6.07, 6.45) is 15.8. The molecule has 0 aromatic rings. The normalized spacial score (nSPS) is 12.5. The molecule has 0 aliphatic heterocycles. The van der Waals surface area contributed by atoms with E-state index in [4.69, 9.17) is 5.11 Å². The van der Waals surface area contributed by atoms with Crippen molar-refractivity contribution in [2.45, 2.75) is 96.8 Å². The van der Waals surface area contributed by atoms with Crippen molar-refractivity contribution in [3.05, 3.63) is 0 Å². The molecule has 3 heteroatoms. The number of carbonyl (C=O) groups is 1. The number of aliphatic carboxylic acids is 1. The molecule has 2 N–H and O–H groups in total. The Balaban J connectivity index is 3.32. The number of aliphatic hydroxyl groups excluding tert-OH is 1. The Morgan fingerprint density at radius 2 is 1.29 bits per heavy atom. The van der Waals surface area contributed by atoms with E-state index in [9.17, 15) is 9.90 Å². The third-order valence-electron chi connectivity index (χ3n) is 4.23. The van der Waals surface area contributed by atoms with E-state index in [0.717, 1.165) is 25.7 Å². The van der Waals surface area contributed by atoms with Gasteiger partial charge in [-0.2, -0.15) is 0 Å². The summed E-state index contributed by atoms with van der Waals surface area (Å²) >= 11 is 0. The van der Waals surface area contributed by atoms with Crippen LogP contribution >= 0.6 is 0 Å². The minimum atomic E-state index is -0.681. The van der Waals surface area contributed by atoms with Crippen molar-refractivity contribution in [1.29, 1.82) is 0 Å². The molecule has 3 nitrogen and oxygen atoms in total. The number of rotatable bonds is 16. The van der Waals surface area contributed by atoms with E-state index in [1.165, 1.54) is 57.8 Å². The first kappa shape index (κ1) is 20.4. The Bertz CT molecular complexity index is 229. The van der Waals surface area contributed by atoms with Gasteiger partial charge in [-0.15, -0.1) is 0 Å². The van der Waals surface area contributed by atoms with E-state index < -0.39 is 5.97 Å². The van der Waals surface area contributed by atoms with Crippen LogP contribution in [0.3, 0.4) is 0 Å². The second kappa shape index (κ2) is 15.8.